The third kappa shape index (κ3) is 3.90. The van der Waals surface area contributed by atoms with Crippen molar-refractivity contribution < 1.29 is 4.79 Å². The lowest BCUT2D eigenvalue weighted by atomic mass is 10.1. The first-order valence-electron chi connectivity index (χ1n) is 6.56. The summed E-state index contributed by atoms with van der Waals surface area (Å²) in [7, 11) is 4.07. The summed E-state index contributed by atoms with van der Waals surface area (Å²) in [4.78, 5) is 18.1. The Morgan fingerprint density at radius 1 is 1.15 bits per heavy atom. The summed E-state index contributed by atoms with van der Waals surface area (Å²) in [6.07, 6.45) is 3.23. The van der Waals surface area contributed by atoms with Crippen molar-refractivity contribution in [2.24, 2.45) is 0 Å². The maximum Gasteiger partial charge on any atom is 0.253 e. The number of nitrogens with zero attached hydrogens (tertiary/aromatic N) is 2. The molecule has 2 rings (SSSR count). The maximum atomic E-state index is 12.0. The fourth-order valence-electron chi connectivity index (χ4n) is 2.00. The molecule has 0 saturated heterocycles. The van der Waals surface area contributed by atoms with Crippen LogP contribution in [-0.4, -0.2) is 29.9 Å². The highest BCUT2D eigenvalue weighted by Gasteiger charge is 2.07. The summed E-state index contributed by atoms with van der Waals surface area (Å²) in [6, 6.07) is 11.7. The van der Waals surface area contributed by atoms with Gasteiger partial charge >= 0.3 is 0 Å². The molecular weight excluding hydrogens is 250 g/mol. The standard InChI is InChI=1S/C16H19N3O/c1-19(2)12-15-7-4-3-6-13(15)11-18-16(20)14-8-5-9-17-10-14/h3-10H,11-12H2,1-2H3,(H,18,20). The van der Waals surface area contributed by atoms with Crippen LogP contribution in [0, 0.1) is 0 Å². The van der Waals surface area contributed by atoms with Crippen molar-refractivity contribution >= 4 is 5.91 Å². The summed E-state index contributed by atoms with van der Waals surface area (Å²) < 4.78 is 0. The summed E-state index contributed by atoms with van der Waals surface area (Å²) in [5, 5.41) is 2.93. The van der Waals surface area contributed by atoms with E-state index in [9.17, 15) is 4.79 Å². The first kappa shape index (κ1) is 14.2. The lowest BCUT2D eigenvalue weighted by Gasteiger charge is -2.14. The predicted molar refractivity (Wildman–Crippen MR) is 79.2 cm³/mol. The van der Waals surface area contributed by atoms with Gasteiger partial charge in [-0.15, -0.1) is 0 Å². The second-order valence-electron chi connectivity index (χ2n) is 4.93. The zero-order chi connectivity index (χ0) is 14.4. The minimum atomic E-state index is -0.0993. The predicted octanol–water partition coefficient (Wildman–Crippen LogP) is 2.07. The van der Waals surface area contributed by atoms with Gasteiger partial charge < -0.3 is 10.2 Å². The average Bonchev–Trinajstić information content (AvgIpc) is 2.46. The van der Waals surface area contributed by atoms with E-state index >= 15 is 0 Å². The number of hydrogen-bond donors (Lipinski definition) is 1. The molecule has 0 aliphatic carbocycles. The van der Waals surface area contributed by atoms with Crippen molar-refractivity contribution in [1.29, 1.82) is 0 Å². The third-order valence-corrected chi connectivity index (χ3v) is 2.97. The van der Waals surface area contributed by atoms with Gasteiger partial charge in [0.25, 0.3) is 5.91 Å². The van der Waals surface area contributed by atoms with E-state index < -0.39 is 0 Å². The lowest BCUT2D eigenvalue weighted by molar-refractivity contribution is 0.0950. The highest BCUT2D eigenvalue weighted by molar-refractivity contribution is 5.93. The number of nitrogens with one attached hydrogen (secondary N) is 1. The van der Waals surface area contributed by atoms with E-state index in [1.165, 1.54) is 5.56 Å². The average molecular weight is 269 g/mol. The molecule has 0 saturated carbocycles. The van der Waals surface area contributed by atoms with E-state index in [-0.39, 0.29) is 5.91 Å². The van der Waals surface area contributed by atoms with Gasteiger partial charge in [-0.2, -0.15) is 0 Å². The monoisotopic (exact) mass is 269 g/mol. The molecule has 4 nitrogen and oxygen atoms in total. The SMILES string of the molecule is CN(C)Cc1ccccc1CNC(=O)c1cccnc1. The molecule has 1 heterocycles. The van der Waals surface area contributed by atoms with Gasteiger partial charge in [-0.25, -0.2) is 0 Å². The Hall–Kier alpha value is -2.20. The number of carbonyl (C=O) groups excluding carboxylic acids is 1. The molecule has 1 aromatic carbocycles. The Morgan fingerprint density at radius 2 is 1.90 bits per heavy atom. The van der Waals surface area contributed by atoms with Crippen LogP contribution in [0.1, 0.15) is 21.5 Å². The molecule has 0 fully saturated rings. The topological polar surface area (TPSA) is 45.2 Å². The number of pyridine rings is 1. The fraction of sp³-hybridized carbons (Fsp3) is 0.250. The Balaban J connectivity index is 2.02. The Morgan fingerprint density at radius 3 is 2.55 bits per heavy atom. The van der Waals surface area contributed by atoms with Crippen molar-refractivity contribution in [3.8, 4) is 0 Å². The number of carbonyl (C=O) groups is 1. The van der Waals surface area contributed by atoms with E-state index in [4.69, 9.17) is 0 Å². The third-order valence-electron chi connectivity index (χ3n) is 2.97. The van der Waals surface area contributed by atoms with Crippen molar-refractivity contribution in [3.05, 3.63) is 65.5 Å². The molecule has 20 heavy (non-hydrogen) atoms. The molecule has 0 radical (unpaired) electrons. The minimum absolute atomic E-state index is 0.0993. The van der Waals surface area contributed by atoms with Gasteiger partial charge in [-0.1, -0.05) is 24.3 Å². The van der Waals surface area contributed by atoms with E-state index in [2.05, 4.69) is 21.3 Å². The molecule has 0 atom stereocenters. The highest BCUT2D eigenvalue weighted by Crippen LogP contribution is 2.10. The van der Waals surface area contributed by atoms with E-state index in [0.717, 1.165) is 12.1 Å². The van der Waals surface area contributed by atoms with Gasteiger partial charge in [0.05, 0.1) is 5.56 Å². The first-order valence-corrected chi connectivity index (χ1v) is 6.56. The summed E-state index contributed by atoms with van der Waals surface area (Å²) in [5.41, 5.74) is 2.94. The smallest absolute Gasteiger partial charge is 0.253 e. The van der Waals surface area contributed by atoms with Crippen LogP contribution in [-0.2, 0) is 13.1 Å². The fourth-order valence-corrected chi connectivity index (χ4v) is 2.00. The number of benzene rings is 1. The second-order valence-corrected chi connectivity index (χ2v) is 4.93. The molecule has 1 N–H and O–H groups in total. The molecule has 1 aromatic heterocycles. The number of amides is 1. The van der Waals surface area contributed by atoms with Crippen LogP contribution in [0.4, 0.5) is 0 Å². The van der Waals surface area contributed by atoms with Crippen LogP contribution in [0.5, 0.6) is 0 Å². The molecule has 0 spiro atoms. The molecule has 4 heteroatoms. The van der Waals surface area contributed by atoms with Gasteiger partial charge in [0.2, 0.25) is 0 Å². The Bertz CT molecular complexity index is 567. The van der Waals surface area contributed by atoms with E-state index in [0.29, 0.717) is 12.1 Å². The van der Waals surface area contributed by atoms with Gasteiger partial charge in [0, 0.05) is 25.5 Å². The molecular formula is C16H19N3O. The van der Waals surface area contributed by atoms with E-state index in [1.807, 2.05) is 32.3 Å². The summed E-state index contributed by atoms with van der Waals surface area (Å²) >= 11 is 0. The zero-order valence-corrected chi connectivity index (χ0v) is 11.8. The largest absolute Gasteiger partial charge is 0.348 e. The highest BCUT2D eigenvalue weighted by atomic mass is 16.1. The van der Waals surface area contributed by atoms with Gasteiger partial charge in [0.15, 0.2) is 0 Å². The van der Waals surface area contributed by atoms with Crippen molar-refractivity contribution in [2.75, 3.05) is 14.1 Å². The molecule has 2 aromatic rings. The second kappa shape index (κ2) is 6.82. The van der Waals surface area contributed by atoms with Crippen LogP contribution in [0.25, 0.3) is 0 Å². The van der Waals surface area contributed by atoms with Crippen molar-refractivity contribution in [2.45, 2.75) is 13.1 Å². The van der Waals surface area contributed by atoms with Crippen LogP contribution < -0.4 is 5.32 Å². The lowest BCUT2D eigenvalue weighted by Crippen LogP contribution is -2.24. The van der Waals surface area contributed by atoms with Gasteiger partial charge in [-0.05, 0) is 37.4 Å². The molecule has 1 amide bonds. The molecule has 0 aliphatic heterocycles. The first-order chi connectivity index (χ1) is 9.66. The van der Waals surface area contributed by atoms with E-state index in [1.54, 1.807) is 24.5 Å². The van der Waals surface area contributed by atoms with Crippen molar-refractivity contribution in [1.82, 2.24) is 15.2 Å². The van der Waals surface area contributed by atoms with Gasteiger partial charge in [0.1, 0.15) is 0 Å². The minimum Gasteiger partial charge on any atom is -0.348 e. The molecule has 0 bridgehead atoms. The molecule has 0 aliphatic rings. The summed E-state index contributed by atoms with van der Waals surface area (Å²) in [6.45, 7) is 1.39. The van der Waals surface area contributed by atoms with Crippen molar-refractivity contribution in [3.63, 3.8) is 0 Å². The van der Waals surface area contributed by atoms with Crippen LogP contribution in [0.2, 0.25) is 0 Å². The molecule has 0 unspecified atom stereocenters. The van der Waals surface area contributed by atoms with Crippen LogP contribution in [0.15, 0.2) is 48.8 Å². The number of rotatable bonds is 5. The van der Waals surface area contributed by atoms with Crippen LogP contribution in [0.3, 0.4) is 0 Å². The van der Waals surface area contributed by atoms with Gasteiger partial charge in [-0.3, -0.25) is 9.78 Å². The Labute approximate surface area is 119 Å². The normalized spacial score (nSPS) is 10.6. The van der Waals surface area contributed by atoms with Crippen LogP contribution >= 0.6 is 0 Å². The maximum absolute atomic E-state index is 12.0. The number of hydrogen-bond acceptors (Lipinski definition) is 3. The molecule has 104 valence electrons. The number of aromatic nitrogens is 1. The summed E-state index contributed by atoms with van der Waals surface area (Å²) in [5.74, 6) is -0.0993. The zero-order valence-electron chi connectivity index (χ0n) is 11.8. The Kier molecular flexibility index (Phi) is 4.85. The quantitative estimate of drug-likeness (QED) is 0.904.